The van der Waals surface area contributed by atoms with Crippen LogP contribution in [0.1, 0.15) is 31.0 Å². The van der Waals surface area contributed by atoms with E-state index in [9.17, 15) is 9.59 Å². The molecule has 0 spiro atoms. The molecule has 0 radical (unpaired) electrons. The van der Waals surface area contributed by atoms with Crippen LogP contribution >= 0.6 is 11.6 Å². The number of nitrogens with one attached hydrogen (secondary N) is 3. The predicted molar refractivity (Wildman–Crippen MR) is 111 cm³/mol. The van der Waals surface area contributed by atoms with Crippen molar-refractivity contribution in [3.63, 3.8) is 0 Å². The van der Waals surface area contributed by atoms with Gasteiger partial charge in [-0.1, -0.05) is 37.6 Å². The number of aromatic amines is 1. The summed E-state index contributed by atoms with van der Waals surface area (Å²) in [5.41, 5.74) is 4.26. The molecule has 1 aliphatic heterocycles. The molecule has 0 bridgehead atoms. The summed E-state index contributed by atoms with van der Waals surface area (Å²) in [5.74, 6) is 0.584. The van der Waals surface area contributed by atoms with Gasteiger partial charge in [0.05, 0.1) is 12.1 Å². The first-order chi connectivity index (χ1) is 13.4. The molecule has 0 aliphatic carbocycles. The SMILES string of the molecule is CC(C)c1[nH]c(=O)c(-c2cccc(Cl)c2)cc1Nc1ccnc2c1CC(=O)N2. The molecule has 0 fully saturated rings. The van der Waals surface area contributed by atoms with Crippen LogP contribution in [0.3, 0.4) is 0 Å². The number of carbonyl (C=O) groups is 1. The number of benzene rings is 1. The third kappa shape index (κ3) is 3.39. The zero-order valence-corrected chi connectivity index (χ0v) is 16.2. The predicted octanol–water partition coefficient (Wildman–Crippen LogP) is 4.45. The zero-order chi connectivity index (χ0) is 19.8. The zero-order valence-electron chi connectivity index (χ0n) is 15.5. The molecular formula is C21H19ClN4O2. The van der Waals surface area contributed by atoms with Crippen molar-refractivity contribution in [2.24, 2.45) is 0 Å². The second-order valence-electron chi connectivity index (χ2n) is 7.04. The molecule has 142 valence electrons. The lowest BCUT2D eigenvalue weighted by molar-refractivity contribution is -0.115. The maximum atomic E-state index is 12.7. The number of aromatic nitrogens is 2. The minimum Gasteiger partial charge on any atom is -0.354 e. The summed E-state index contributed by atoms with van der Waals surface area (Å²) in [6.45, 7) is 4.02. The van der Waals surface area contributed by atoms with Gasteiger partial charge < -0.3 is 15.6 Å². The van der Waals surface area contributed by atoms with E-state index in [-0.39, 0.29) is 23.8 Å². The van der Waals surface area contributed by atoms with E-state index in [1.165, 1.54) is 0 Å². The third-order valence-corrected chi connectivity index (χ3v) is 4.94. The van der Waals surface area contributed by atoms with Gasteiger partial charge in [0.25, 0.3) is 5.56 Å². The lowest BCUT2D eigenvalue weighted by atomic mass is 10.0. The van der Waals surface area contributed by atoms with E-state index >= 15 is 0 Å². The number of amides is 1. The molecule has 1 amide bonds. The molecule has 1 aromatic carbocycles. The highest BCUT2D eigenvalue weighted by Gasteiger charge is 2.23. The summed E-state index contributed by atoms with van der Waals surface area (Å²) in [4.78, 5) is 31.7. The van der Waals surface area contributed by atoms with Gasteiger partial charge in [0.15, 0.2) is 0 Å². The summed E-state index contributed by atoms with van der Waals surface area (Å²) in [7, 11) is 0. The monoisotopic (exact) mass is 394 g/mol. The molecular weight excluding hydrogens is 376 g/mol. The summed E-state index contributed by atoms with van der Waals surface area (Å²) < 4.78 is 0. The fourth-order valence-electron chi connectivity index (χ4n) is 3.35. The number of pyridine rings is 2. The lowest BCUT2D eigenvalue weighted by Gasteiger charge is -2.17. The molecule has 7 heteroatoms. The molecule has 3 aromatic rings. The van der Waals surface area contributed by atoms with Crippen molar-refractivity contribution in [2.45, 2.75) is 26.2 Å². The van der Waals surface area contributed by atoms with Gasteiger partial charge >= 0.3 is 0 Å². The summed E-state index contributed by atoms with van der Waals surface area (Å²) in [6, 6.07) is 10.8. The highest BCUT2D eigenvalue weighted by molar-refractivity contribution is 6.30. The molecule has 4 rings (SSSR count). The van der Waals surface area contributed by atoms with Gasteiger partial charge in [0.1, 0.15) is 5.82 Å². The fourth-order valence-corrected chi connectivity index (χ4v) is 3.54. The van der Waals surface area contributed by atoms with Gasteiger partial charge in [-0.05, 0) is 35.7 Å². The van der Waals surface area contributed by atoms with Crippen LogP contribution in [0.15, 0.2) is 47.4 Å². The first kappa shape index (κ1) is 18.3. The van der Waals surface area contributed by atoms with Crippen LogP contribution in [0.5, 0.6) is 0 Å². The highest BCUT2D eigenvalue weighted by Crippen LogP contribution is 2.33. The van der Waals surface area contributed by atoms with E-state index in [4.69, 9.17) is 11.6 Å². The van der Waals surface area contributed by atoms with E-state index in [2.05, 4.69) is 20.6 Å². The van der Waals surface area contributed by atoms with Gasteiger partial charge in [0, 0.05) is 33.7 Å². The van der Waals surface area contributed by atoms with E-state index in [1.807, 2.05) is 38.1 Å². The third-order valence-electron chi connectivity index (χ3n) is 4.70. The lowest BCUT2D eigenvalue weighted by Crippen LogP contribution is -2.15. The van der Waals surface area contributed by atoms with E-state index in [0.29, 0.717) is 16.4 Å². The van der Waals surface area contributed by atoms with Gasteiger partial charge in [-0.15, -0.1) is 0 Å². The second kappa shape index (κ2) is 7.13. The molecule has 28 heavy (non-hydrogen) atoms. The number of hydrogen-bond donors (Lipinski definition) is 3. The van der Waals surface area contributed by atoms with Crippen molar-refractivity contribution >= 4 is 34.7 Å². The number of halogens is 1. The number of H-pyrrole nitrogens is 1. The van der Waals surface area contributed by atoms with Gasteiger partial charge in [-0.3, -0.25) is 9.59 Å². The largest absolute Gasteiger partial charge is 0.354 e. The first-order valence-corrected chi connectivity index (χ1v) is 9.38. The Balaban J connectivity index is 1.83. The Labute approximate surface area is 167 Å². The molecule has 3 heterocycles. The van der Waals surface area contributed by atoms with Crippen molar-refractivity contribution in [1.29, 1.82) is 0 Å². The van der Waals surface area contributed by atoms with Crippen LogP contribution in [0, 0.1) is 0 Å². The molecule has 0 saturated heterocycles. The van der Waals surface area contributed by atoms with E-state index in [1.54, 1.807) is 18.3 Å². The van der Waals surface area contributed by atoms with Crippen molar-refractivity contribution < 1.29 is 4.79 Å². The number of carbonyl (C=O) groups excluding carboxylic acids is 1. The molecule has 3 N–H and O–H groups in total. The van der Waals surface area contributed by atoms with Crippen LogP contribution < -0.4 is 16.2 Å². The first-order valence-electron chi connectivity index (χ1n) is 9.00. The van der Waals surface area contributed by atoms with Crippen molar-refractivity contribution in [3.8, 4) is 11.1 Å². The Kier molecular flexibility index (Phi) is 4.65. The maximum absolute atomic E-state index is 12.7. The maximum Gasteiger partial charge on any atom is 0.256 e. The van der Waals surface area contributed by atoms with E-state index in [0.717, 1.165) is 28.2 Å². The number of fused-ring (bicyclic) bond motifs is 1. The molecule has 2 aromatic heterocycles. The van der Waals surface area contributed by atoms with Crippen LogP contribution in [0.2, 0.25) is 5.02 Å². The van der Waals surface area contributed by atoms with Gasteiger partial charge in [0.2, 0.25) is 5.91 Å². The number of nitrogens with zero attached hydrogens (tertiary/aromatic N) is 1. The Hall–Kier alpha value is -3.12. The highest BCUT2D eigenvalue weighted by atomic mass is 35.5. The standard InChI is InChI=1S/C21H19ClN4O2/c1-11(2)19-17(24-16-6-7-23-20-15(16)10-18(27)25-20)9-14(21(28)26-19)12-4-3-5-13(22)8-12/h3-9,11H,10H2,1-2H3,(H,26,28)(H2,23,24,25,27). The van der Waals surface area contributed by atoms with Crippen molar-refractivity contribution in [3.05, 3.63) is 69.2 Å². The Morgan fingerprint density at radius 3 is 2.71 bits per heavy atom. The normalized spacial score (nSPS) is 12.8. The fraction of sp³-hybridized carbons (Fsp3) is 0.190. The number of hydrogen-bond acceptors (Lipinski definition) is 4. The topological polar surface area (TPSA) is 86.9 Å². The smallest absolute Gasteiger partial charge is 0.256 e. The minimum absolute atomic E-state index is 0.0816. The summed E-state index contributed by atoms with van der Waals surface area (Å²) >= 11 is 6.10. The molecule has 0 saturated carbocycles. The molecule has 6 nitrogen and oxygen atoms in total. The summed E-state index contributed by atoms with van der Waals surface area (Å²) in [5, 5.41) is 6.71. The van der Waals surface area contributed by atoms with Crippen LogP contribution in [0.4, 0.5) is 17.2 Å². The van der Waals surface area contributed by atoms with Crippen molar-refractivity contribution in [1.82, 2.24) is 9.97 Å². The van der Waals surface area contributed by atoms with Crippen LogP contribution in [0.25, 0.3) is 11.1 Å². The Morgan fingerprint density at radius 2 is 1.96 bits per heavy atom. The molecule has 0 unspecified atom stereocenters. The Bertz CT molecular complexity index is 1140. The second-order valence-corrected chi connectivity index (χ2v) is 7.48. The molecule has 0 atom stereocenters. The van der Waals surface area contributed by atoms with Gasteiger partial charge in [-0.25, -0.2) is 4.98 Å². The number of anilines is 3. The number of rotatable bonds is 4. The minimum atomic E-state index is -0.173. The van der Waals surface area contributed by atoms with Crippen molar-refractivity contribution in [2.75, 3.05) is 10.6 Å². The summed E-state index contributed by atoms with van der Waals surface area (Å²) in [6.07, 6.45) is 1.92. The van der Waals surface area contributed by atoms with Crippen LogP contribution in [-0.4, -0.2) is 15.9 Å². The van der Waals surface area contributed by atoms with Gasteiger partial charge in [-0.2, -0.15) is 0 Å². The van der Waals surface area contributed by atoms with E-state index < -0.39 is 0 Å². The average molecular weight is 395 g/mol. The quantitative estimate of drug-likeness (QED) is 0.610. The Morgan fingerprint density at radius 1 is 1.14 bits per heavy atom. The van der Waals surface area contributed by atoms with Crippen LogP contribution in [-0.2, 0) is 11.2 Å². The average Bonchev–Trinajstić information content (AvgIpc) is 3.04. The molecule has 1 aliphatic rings.